The van der Waals surface area contributed by atoms with Crippen LogP contribution in [-0.2, 0) is 9.84 Å². The van der Waals surface area contributed by atoms with E-state index >= 15 is 0 Å². The summed E-state index contributed by atoms with van der Waals surface area (Å²) in [6, 6.07) is 3.27. The van der Waals surface area contributed by atoms with Crippen LogP contribution in [-0.4, -0.2) is 46.0 Å². The molecule has 6 nitrogen and oxygen atoms in total. The number of ether oxygens (including phenoxy) is 3. The fraction of sp³-hybridized carbons (Fsp3) is 0.588. The van der Waals surface area contributed by atoms with Crippen molar-refractivity contribution in [2.24, 2.45) is 5.92 Å². The molecule has 0 aliphatic carbocycles. The first-order valence-corrected chi connectivity index (χ1v) is 9.60. The first-order chi connectivity index (χ1) is 11.4. The van der Waals surface area contributed by atoms with Crippen molar-refractivity contribution in [2.75, 3.05) is 21.3 Å². The fourth-order valence-electron chi connectivity index (χ4n) is 3.88. The molecule has 1 aromatic carbocycles. The van der Waals surface area contributed by atoms with Crippen LogP contribution in [0.5, 0.6) is 17.2 Å². The lowest BCUT2D eigenvalue weighted by molar-refractivity contribution is 0.0904. The standard InChI is InChI=1S/C17H22O6S/c1-21-14-8-11(9-15(22-2)17(14)23-3)16(18)10-6-12-4-5-13(7-10)24(12,19)20/h8-10,12-13H,4-7H2,1-3H3. The van der Waals surface area contributed by atoms with E-state index in [4.69, 9.17) is 14.2 Å². The SMILES string of the molecule is COc1cc(C(=O)C2CC3CCC(C2)S3(=O)=O)cc(OC)c1OC. The summed E-state index contributed by atoms with van der Waals surface area (Å²) in [4.78, 5) is 12.9. The van der Waals surface area contributed by atoms with Gasteiger partial charge in [-0.2, -0.15) is 0 Å². The summed E-state index contributed by atoms with van der Waals surface area (Å²) in [7, 11) is 1.47. The normalized spacial score (nSPS) is 27.5. The van der Waals surface area contributed by atoms with E-state index in [1.807, 2.05) is 0 Å². The van der Waals surface area contributed by atoms with Gasteiger partial charge in [0.25, 0.3) is 0 Å². The number of benzene rings is 1. The molecule has 2 bridgehead atoms. The number of hydrogen-bond acceptors (Lipinski definition) is 6. The third-order valence-electron chi connectivity index (χ3n) is 5.15. The summed E-state index contributed by atoms with van der Waals surface area (Å²) in [5.41, 5.74) is 0.466. The van der Waals surface area contributed by atoms with E-state index in [1.165, 1.54) is 21.3 Å². The molecule has 2 saturated heterocycles. The highest BCUT2D eigenvalue weighted by atomic mass is 32.2. The van der Waals surface area contributed by atoms with Crippen molar-refractivity contribution >= 4 is 15.6 Å². The second kappa shape index (κ2) is 6.27. The molecule has 3 rings (SSSR count). The van der Waals surface area contributed by atoms with Gasteiger partial charge < -0.3 is 14.2 Å². The number of Topliss-reactive ketones (excluding diaryl/α,β-unsaturated/α-hetero) is 1. The van der Waals surface area contributed by atoms with Crippen molar-refractivity contribution in [3.8, 4) is 17.2 Å². The summed E-state index contributed by atoms with van der Waals surface area (Å²) in [6.07, 6.45) is 2.17. The van der Waals surface area contributed by atoms with E-state index in [-0.39, 0.29) is 22.2 Å². The Labute approximate surface area is 142 Å². The quantitative estimate of drug-likeness (QED) is 0.755. The largest absolute Gasteiger partial charge is 0.493 e. The minimum absolute atomic E-state index is 0.0546. The Kier molecular flexibility index (Phi) is 4.46. The van der Waals surface area contributed by atoms with E-state index in [1.54, 1.807) is 12.1 Å². The molecule has 2 aliphatic rings. The molecule has 0 N–H and O–H groups in total. The van der Waals surface area contributed by atoms with Crippen LogP contribution < -0.4 is 14.2 Å². The predicted molar refractivity (Wildman–Crippen MR) is 88.9 cm³/mol. The number of ketones is 1. The summed E-state index contributed by atoms with van der Waals surface area (Å²) in [5.74, 6) is 0.955. The van der Waals surface area contributed by atoms with Crippen LogP contribution in [0.15, 0.2) is 12.1 Å². The van der Waals surface area contributed by atoms with Crippen LogP contribution in [0.25, 0.3) is 0 Å². The molecule has 2 heterocycles. The van der Waals surface area contributed by atoms with Crippen LogP contribution >= 0.6 is 0 Å². The maximum absolute atomic E-state index is 12.9. The lowest BCUT2D eigenvalue weighted by Gasteiger charge is -2.27. The zero-order valence-corrected chi connectivity index (χ0v) is 14.9. The van der Waals surface area contributed by atoms with E-state index < -0.39 is 9.84 Å². The Morgan fingerprint density at radius 3 is 1.88 bits per heavy atom. The number of fused-ring (bicyclic) bond motifs is 2. The second-order valence-electron chi connectivity index (χ2n) is 6.36. The van der Waals surface area contributed by atoms with Crippen LogP contribution in [0.2, 0.25) is 0 Å². The van der Waals surface area contributed by atoms with Gasteiger partial charge in [0.15, 0.2) is 27.1 Å². The number of sulfone groups is 1. The van der Waals surface area contributed by atoms with Crippen molar-refractivity contribution in [1.29, 1.82) is 0 Å². The molecule has 2 aliphatic heterocycles. The van der Waals surface area contributed by atoms with Gasteiger partial charge >= 0.3 is 0 Å². The molecule has 1 aromatic rings. The third-order valence-corrected chi connectivity index (χ3v) is 7.87. The molecular formula is C17H22O6S. The smallest absolute Gasteiger partial charge is 0.203 e. The molecule has 0 aromatic heterocycles. The Bertz CT molecular complexity index is 709. The van der Waals surface area contributed by atoms with E-state index in [0.717, 1.165) is 0 Å². The van der Waals surface area contributed by atoms with Crippen LogP contribution in [0.3, 0.4) is 0 Å². The van der Waals surface area contributed by atoms with E-state index in [9.17, 15) is 13.2 Å². The lowest BCUT2D eigenvalue weighted by atomic mass is 9.90. The Morgan fingerprint density at radius 1 is 0.958 bits per heavy atom. The van der Waals surface area contributed by atoms with Crippen molar-refractivity contribution < 1.29 is 27.4 Å². The Balaban J connectivity index is 1.91. The van der Waals surface area contributed by atoms with Gasteiger partial charge in [-0.15, -0.1) is 0 Å². The van der Waals surface area contributed by atoms with Gasteiger partial charge in [-0.1, -0.05) is 0 Å². The second-order valence-corrected chi connectivity index (χ2v) is 8.87. The highest BCUT2D eigenvalue weighted by Crippen LogP contribution is 2.44. The molecule has 2 fully saturated rings. The van der Waals surface area contributed by atoms with Crippen molar-refractivity contribution in [3.05, 3.63) is 17.7 Å². The molecule has 2 atom stereocenters. The highest BCUT2D eigenvalue weighted by Gasteiger charge is 2.48. The molecule has 132 valence electrons. The van der Waals surface area contributed by atoms with Gasteiger partial charge in [0.05, 0.1) is 31.8 Å². The van der Waals surface area contributed by atoms with Crippen molar-refractivity contribution in [1.82, 2.24) is 0 Å². The molecule has 2 unspecified atom stereocenters. The molecule has 7 heteroatoms. The molecule has 0 saturated carbocycles. The molecule has 0 radical (unpaired) electrons. The molecule has 0 spiro atoms. The van der Waals surface area contributed by atoms with Gasteiger partial charge in [-0.05, 0) is 37.8 Å². The average Bonchev–Trinajstić information content (AvgIpc) is 2.77. The molecule has 24 heavy (non-hydrogen) atoms. The summed E-state index contributed by atoms with van der Waals surface area (Å²) in [5, 5.41) is -0.737. The number of hydrogen-bond donors (Lipinski definition) is 0. The van der Waals surface area contributed by atoms with Gasteiger partial charge in [-0.25, -0.2) is 8.42 Å². The first kappa shape index (κ1) is 17.1. The van der Waals surface area contributed by atoms with Crippen molar-refractivity contribution in [2.45, 2.75) is 36.2 Å². The number of methoxy groups -OCH3 is 3. The number of carbonyl (C=O) groups excluding carboxylic acids is 1. The maximum atomic E-state index is 12.9. The maximum Gasteiger partial charge on any atom is 0.203 e. The zero-order valence-electron chi connectivity index (χ0n) is 14.1. The van der Waals surface area contributed by atoms with E-state index in [0.29, 0.717) is 48.5 Å². The van der Waals surface area contributed by atoms with Gasteiger partial charge in [-0.3, -0.25) is 4.79 Å². The van der Waals surface area contributed by atoms with Crippen molar-refractivity contribution in [3.63, 3.8) is 0 Å². The Hall–Kier alpha value is -1.76. The Morgan fingerprint density at radius 2 is 1.46 bits per heavy atom. The average molecular weight is 354 g/mol. The predicted octanol–water partition coefficient (Wildman–Crippen LogP) is 2.25. The van der Waals surface area contributed by atoms with Gasteiger partial charge in [0, 0.05) is 11.5 Å². The van der Waals surface area contributed by atoms with Gasteiger partial charge in [0.2, 0.25) is 5.75 Å². The zero-order chi connectivity index (χ0) is 17.5. The monoisotopic (exact) mass is 354 g/mol. The van der Waals surface area contributed by atoms with Gasteiger partial charge in [0.1, 0.15) is 0 Å². The van der Waals surface area contributed by atoms with Crippen LogP contribution in [0, 0.1) is 5.92 Å². The molecule has 0 amide bonds. The summed E-state index contributed by atoms with van der Waals surface area (Å²) < 4.78 is 40.2. The van der Waals surface area contributed by atoms with Crippen LogP contribution in [0.4, 0.5) is 0 Å². The first-order valence-electron chi connectivity index (χ1n) is 7.99. The summed E-state index contributed by atoms with van der Waals surface area (Å²) in [6.45, 7) is 0. The minimum atomic E-state index is -3.04. The topological polar surface area (TPSA) is 78.9 Å². The van der Waals surface area contributed by atoms with E-state index in [2.05, 4.69) is 0 Å². The third kappa shape index (κ3) is 2.64. The minimum Gasteiger partial charge on any atom is -0.493 e. The number of rotatable bonds is 5. The fourth-order valence-corrected chi connectivity index (χ4v) is 6.36. The molecular weight excluding hydrogens is 332 g/mol. The summed E-state index contributed by atoms with van der Waals surface area (Å²) >= 11 is 0. The highest BCUT2D eigenvalue weighted by molar-refractivity contribution is 7.93. The lowest BCUT2D eigenvalue weighted by Crippen LogP contribution is -2.36. The number of carbonyl (C=O) groups is 1. The van der Waals surface area contributed by atoms with Crippen LogP contribution in [0.1, 0.15) is 36.0 Å².